The van der Waals surface area contributed by atoms with E-state index in [0.29, 0.717) is 5.92 Å². The number of halogens is 1. The Morgan fingerprint density at radius 3 is 2.83 bits per heavy atom. The van der Waals surface area contributed by atoms with Crippen molar-refractivity contribution in [2.45, 2.75) is 45.6 Å². The van der Waals surface area contributed by atoms with Gasteiger partial charge >= 0.3 is 0 Å². The Balaban J connectivity index is 1.73. The lowest BCUT2D eigenvalue weighted by molar-refractivity contribution is 0.319. The summed E-state index contributed by atoms with van der Waals surface area (Å²) in [6.07, 6.45) is 5.92. The van der Waals surface area contributed by atoms with Crippen molar-refractivity contribution < 1.29 is 0 Å². The topological polar surface area (TPSA) is 37.8 Å². The third-order valence-electron chi connectivity index (χ3n) is 4.58. The van der Waals surface area contributed by atoms with Crippen molar-refractivity contribution in [3.05, 3.63) is 40.9 Å². The minimum atomic E-state index is 0.00232. The molecule has 1 aromatic carbocycles. The SMILES string of the molecule is CC1=CC[C@H](C(C)(C)Nc2nnc(-c3cccc(Cl)c3)s2)CC1. The number of nitrogens with zero attached hydrogens (tertiary/aromatic N) is 2. The van der Waals surface area contributed by atoms with Crippen LogP contribution in [0.5, 0.6) is 0 Å². The molecule has 1 N–H and O–H groups in total. The molecule has 1 aromatic heterocycles. The Morgan fingerprint density at radius 1 is 1.30 bits per heavy atom. The molecule has 0 spiro atoms. The molecule has 0 saturated carbocycles. The molecule has 5 heteroatoms. The lowest BCUT2D eigenvalue weighted by Crippen LogP contribution is -2.40. The molecule has 3 rings (SSSR count). The van der Waals surface area contributed by atoms with Gasteiger partial charge in [0.05, 0.1) is 0 Å². The number of aromatic nitrogens is 2. The van der Waals surface area contributed by atoms with Crippen molar-refractivity contribution in [1.82, 2.24) is 10.2 Å². The molecule has 0 fully saturated rings. The summed E-state index contributed by atoms with van der Waals surface area (Å²) in [6, 6.07) is 7.74. The highest BCUT2D eigenvalue weighted by Crippen LogP contribution is 2.36. The summed E-state index contributed by atoms with van der Waals surface area (Å²) in [5, 5.41) is 14.7. The summed E-state index contributed by atoms with van der Waals surface area (Å²) >= 11 is 7.64. The smallest absolute Gasteiger partial charge is 0.206 e. The molecule has 0 bridgehead atoms. The van der Waals surface area contributed by atoms with Crippen LogP contribution in [-0.4, -0.2) is 15.7 Å². The number of hydrogen-bond donors (Lipinski definition) is 1. The quantitative estimate of drug-likeness (QED) is 0.710. The van der Waals surface area contributed by atoms with Crippen molar-refractivity contribution in [3.63, 3.8) is 0 Å². The van der Waals surface area contributed by atoms with Crippen LogP contribution in [-0.2, 0) is 0 Å². The van der Waals surface area contributed by atoms with Crippen LogP contribution in [0.4, 0.5) is 5.13 Å². The van der Waals surface area contributed by atoms with E-state index in [9.17, 15) is 0 Å². The Labute approximate surface area is 146 Å². The van der Waals surface area contributed by atoms with E-state index in [-0.39, 0.29) is 5.54 Å². The lowest BCUT2D eigenvalue weighted by atomic mass is 9.78. The minimum absolute atomic E-state index is 0.00232. The zero-order valence-corrected chi connectivity index (χ0v) is 15.3. The molecular formula is C18H22ClN3S. The lowest BCUT2D eigenvalue weighted by Gasteiger charge is -2.36. The number of rotatable bonds is 4. The molecule has 122 valence electrons. The van der Waals surface area contributed by atoms with Gasteiger partial charge in [-0.05, 0) is 58.1 Å². The van der Waals surface area contributed by atoms with Gasteiger partial charge in [-0.3, -0.25) is 0 Å². The van der Waals surface area contributed by atoms with Crippen molar-refractivity contribution >= 4 is 28.1 Å². The standard InChI is InChI=1S/C18H22ClN3S/c1-12-7-9-14(10-8-12)18(2,3)20-17-22-21-16(23-17)13-5-4-6-15(19)11-13/h4-7,11,14H,8-10H2,1-3H3,(H,20,22)/t14-/m0/s1. The molecule has 1 aliphatic carbocycles. The Morgan fingerprint density at radius 2 is 2.13 bits per heavy atom. The van der Waals surface area contributed by atoms with Gasteiger partial charge in [0.25, 0.3) is 0 Å². The van der Waals surface area contributed by atoms with Gasteiger partial charge in [-0.25, -0.2) is 0 Å². The Bertz CT molecular complexity index is 721. The molecule has 0 aliphatic heterocycles. The number of hydrogen-bond acceptors (Lipinski definition) is 4. The third kappa shape index (κ3) is 3.93. The molecule has 2 aromatic rings. The fraction of sp³-hybridized carbons (Fsp3) is 0.444. The van der Waals surface area contributed by atoms with Gasteiger partial charge in [0.1, 0.15) is 5.01 Å². The molecule has 0 unspecified atom stereocenters. The maximum absolute atomic E-state index is 6.06. The summed E-state index contributed by atoms with van der Waals surface area (Å²) in [7, 11) is 0. The minimum Gasteiger partial charge on any atom is -0.355 e. The van der Waals surface area contributed by atoms with Crippen LogP contribution in [0.3, 0.4) is 0 Å². The van der Waals surface area contributed by atoms with Gasteiger partial charge in [0.15, 0.2) is 0 Å². The molecule has 0 saturated heterocycles. The highest BCUT2D eigenvalue weighted by atomic mass is 35.5. The van der Waals surface area contributed by atoms with Gasteiger partial charge in [-0.2, -0.15) is 0 Å². The first-order valence-corrected chi connectivity index (χ1v) is 9.17. The first-order chi connectivity index (χ1) is 10.9. The van der Waals surface area contributed by atoms with Gasteiger partial charge in [0, 0.05) is 16.1 Å². The van der Waals surface area contributed by atoms with E-state index < -0.39 is 0 Å². The largest absolute Gasteiger partial charge is 0.355 e. The monoisotopic (exact) mass is 347 g/mol. The second-order valence-electron chi connectivity index (χ2n) is 6.79. The summed E-state index contributed by atoms with van der Waals surface area (Å²) in [6.45, 7) is 6.73. The van der Waals surface area contributed by atoms with Crippen molar-refractivity contribution in [3.8, 4) is 10.6 Å². The second-order valence-corrected chi connectivity index (χ2v) is 8.21. The van der Waals surface area contributed by atoms with E-state index in [1.165, 1.54) is 18.4 Å². The van der Waals surface area contributed by atoms with E-state index >= 15 is 0 Å². The molecule has 1 atom stereocenters. The van der Waals surface area contributed by atoms with Crippen LogP contribution in [0, 0.1) is 5.92 Å². The van der Waals surface area contributed by atoms with E-state index in [0.717, 1.165) is 27.1 Å². The number of allylic oxidation sites excluding steroid dienone is 2. The van der Waals surface area contributed by atoms with Crippen molar-refractivity contribution in [1.29, 1.82) is 0 Å². The zero-order valence-electron chi connectivity index (χ0n) is 13.8. The summed E-state index contributed by atoms with van der Waals surface area (Å²) < 4.78 is 0. The van der Waals surface area contributed by atoms with Crippen LogP contribution in [0.2, 0.25) is 5.02 Å². The molecule has 3 nitrogen and oxygen atoms in total. The van der Waals surface area contributed by atoms with Crippen molar-refractivity contribution in [2.75, 3.05) is 5.32 Å². The summed E-state index contributed by atoms with van der Waals surface area (Å²) in [4.78, 5) is 0. The Hall–Kier alpha value is -1.39. The predicted molar refractivity (Wildman–Crippen MR) is 99.2 cm³/mol. The molecule has 0 radical (unpaired) electrons. The Kier molecular flexibility index (Phi) is 4.74. The van der Waals surface area contributed by atoms with Crippen LogP contribution >= 0.6 is 22.9 Å². The van der Waals surface area contributed by atoms with E-state index in [2.05, 4.69) is 42.4 Å². The maximum Gasteiger partial charge on any atom is 0.206 e. The van der Waals surface area contributed by atoms with Gasteiger partial charge < -0.3 is 5.32 Å². The molecule has 0 amide bonds. The normalized spacial score (nSPS) is 18.6. The first kappa shape index (κ1) is 16.5. The maximum atomic E-state index is 6.06. The third-order valence-corrected chi connectivity index (χ3v) is 5.71. The van der Waals surface area contributed by atoms with Crippen LogP contribution in [0.25, 0.3) is 10.6 Å². The molecular weight excluding hydrogens is 326 g/mol. The summed E-state index contributed by atoms with van der Waals surface area (Å²) in [5.74, 6) is 0.615. The highest BCUT2D eigenvalue weighted by Gasteiger charge is 2.31. The molecule has 1 aliphatic rings. The van der Waals surface area contributed by atoms with Crippen molar-refractivity contribution in [2.24, 2.45) is 5.92 Å². The number of benzene rings is 1. The fourth-order valence-corrected chi connectivity index (χ4v) is 4.11. The van der Waals surface area contributed by atoms with E-state index in [1.807, 2.05) is 24.3 Å². The van der Waals surface area contributed by atoms with Gasteiger partial charge in [-0.15, -0.1) is 10.2 Å². The van der Waals surface area contributed by atoms with E-state index in [4.69, 9.17) is 11.6 Å². The summed E-state index contributed by atoms with van der Waals surface area (Å²) in [5.41, 5.74) is 2.52. The first-order valence-electron chi connectivity index (χ1n) is 7.97. The number of nitrogens with one attached hydrogen (secondary N) is 1. The average Bonchev–Trinajstić information content (AvgIpc) is 2.95. The highest BCUT2D eigenvalue weighted by molar-refractivity contribution is 7.18. The predicted octanol–water partition coefficient (Wildman–Crippen LogP) is 5.80. The van der Waals surface area contributed by atoms with Crippen LogP contribution in [0.15, 0.2) is 35.9 Å². The molecule has 1 heterocycles. The van der Waals surface area contributed by atoms with Gasteiger partial charge in [-0.1, -0.05) is 46.7 Å². The van der Waals surface area contributed by atoms with E-state index in [1.54, 1.807) is 11.3 Å². The average molecular weight is 348 g/mol. The van der Waals surface area contributed by atoms with Crippen LogP contribution < -0.4 is 5.32 Å². The van der Waals surface area contributed by atoms with Crippen LogP contribution in [0.1, 0.15) is 40.0 Å². The fourth-order valence-electron chi connectivity index (χ4n) is 3.01. The second kappa shape index (κ2) is 6.62. The zero-order chi connectivity index (χ0) is 16.4. The number of anilines is 1. The molecule has 23 heavy (non-hydrogen) atoms. The van der Waals surface area contributed by atoms with Gasteiger partial charge in [0.2, 0.25) is 5.13 Å².